The first-order valence-electron chi connectivity index (χ1n) is 8.56. The van der Waals surface area contributed by atoms with E-state index in [1.165, 1.54) is 18.6 Å². The largest absolute Gasteiger partial charge is 0.392 e. The topological polar surface area (TPSA) is 70.6 Å². The minimum Gasteiger partial charge on any atom is -0.392 e. The number of nitrogens with one attached hydrogen (secondary N) is 1. The fourth-order valence-corrected chi connectivity index (χ4v) is 3.63. The zero-order valence-corrected chi connectivity index (χ0v) is 13.5. The van der Waals surface area contributed by atoms with E-state index >= 15 is 0 Å². The average Bonchev–Trinajstić information content (AvgIpc) is 2.85. The molecule has 0 amide bonds. The number of aliphatic hydroxyl groups excluding tert-OH is 1. The molecular weight excluding hydrogens is 293 g/mol. The second-order valence-corrected chi connectivity index (χ2v) is 7.05. The molecule has 1 aromatic rings. The van der Waals surface area contributed by atoms with Gasteiger partial charge in [-0.1, -0.05) is 18.6 Å². The monoisotopic (exact) mass is 319 g/mol. The lowest BCUT2D eigenvalue weighted by Gasteiger charge is -2.32. The number of aliphatic hydroxyl groups is 1. The molecule has 2 fully saturated rings. The molecule has 5 heteroatoms. The number of nitrogens with zero attached hydrogens (tertiary/aromatic N) is 1. The highest BCUT2D eigenvalue weighted by Gasteiger charge is 2.42. The van der Waals surface area contributed by atoms with Crippen LogP contribution in [0.3, 0.4) is 0 Å². The first-order valence-corrected chi connectivity index (χ1v) is 8.56. The maximum absolute atomic E-state index is 13.1. The van der Waals surface area contributed by atoms with Gasteiger partial charge in [0.15, 0.2) is 5.96 Å². The van der Waals surface area contributed by atoms with E-state index < -0.39 is 0 Å². The van der Waals surface area contributed by atoms with Crippen molar-refractivity contribution in [1.29, 1.82) is 0 Å². The normalized spacial score (nSPS) is 28.6. The van der Waals surface area contributed by atoms with Crippen LogP contribution in [0.2, 0.25) is 0 Å². The van der Waals surface area contributed by atoms with E-state index in [9.17, 15) is 9.50 Å². The number of rotatable bonds is 5. The summed E-state index contributed by atoms with van der Waals surface area (Å²) >= 11 is 0. The SMILES string of the molecule is NC(=NCC1(Cc2ccc(F)cc2)CCCC1O)NC1CCC1. The lowest BCUT2D eigenvalue weighted by atomic mass is 9.78. The number of hydrogen-bond acceptors (Lipinski definition) is 2. The lowest BCUT2D eigenvalue weighted by molar-refractivity contribution is 0.0591. The molecule has 0 aliphatic heterocycles. The van der Waals surface area contributed by atoms with E-state index in [1.807, 2.05) is 0 Å². The molecule has 0 spiro atoms. The summed E-state index contributed by atoms with van der Waals surface area (Å²) in [5, 5.41) is 13.7. The summed E-state index contributed by atoms with van der Waals surface area (Å²) in [5.74, 6) is 0.244. The Labute approximate surface area is 137 Å². The summed E-state index contributed by atoms with van der Waals surface area (Å²) in [6, 6.07) is 6.99. The Balaban J connectivity index is 1.69. The summed E-state index contributed by atoms with van der Waals surface area (Å²) in [5.41, 5.74) is 6.73. The molecule has 2 unspecified atom stereocenters. The van der Waals surface area contributed by atoms with Crippen LogP contribution in [0.15, 0.2) is 29.3 Å². The van der Waals surface area contributed by atoms with Crippen molar-refractivity contribution in [3.05, 3.63) is 35.6 Å². The number of guanidine groups is 1. The maximum Gasteiger partial charge on any atom is 0.188 e. The Morgan fingerprint density at radius 2 is 2.00 bits per heavy atom. The molecule has 126 valence electrons. The summed E-state index contributed by atoms with van der Waals surface area (Å²) in [6.07, 6.45) is 6.59. The van der Waals surface area contributed by atoms with Crippen LogP contribution >= 0.6 is 0 Å². The number of nitrogens with two attached hydrogens (primary N) is 1. The van der Waals surface area contributed by atoms with Crippen LogP contribution in [0, 0.1) is 11.2 Å². The van der Waals surface area contributed by atoms with Gasteiger partial charge in [-0.05, 0) is 56.2 Å². The third kappa shape index (κ3) is 3.83. The van der Waals surface area contributed by atoms with E-state index in [-0.39, 0.29) is 17.3 Å². The smallest absolute Gasteiger partial charge is 0.188 e. The minimum atomic E-state index is -0.382. The molecule has 23 heavy (non-hydrogen) atoms. The molecular formula is C18H26FN3O. The maximum atomic E-state index is 13.1. The van der Waals surface area contributed by atoms with E-state index in [0.29, 0.717) is 25.0 Å². The Morgan fingerprint density at radius 3 is 2.57 bits per heavy atom. The Kier molecular flexibility index (Phi) is 4.85. The van der Waals surface area contributed by atoms with Crippen molar-refractivity contribution in [2.75, 3.05) is 6.54 Å². The quantitative estimate of drug-likeness (QED) is 0.576. The van der Waals surface area contributed by atoms with Crippen LogP contribution in [0.5, 0.6) is 0 Å². The Bertz CT molecular complexity index is 556. The predicted molar refractivity (Wildman–Crippen MR) is 89.7 cm³/mol. The third-order valence-corrected chi connectivity index (χ3v) is 5.35. The molecule has 2 saturated carbocycles. The van der Waals surface area contributed by atoms with Crippen LogP contribution in [-0.2, 0) is 6.42 Å². The van der Waals surface area contributed by atoms with Gasteiger partial charge in [-0.2, -0.15) is 0 Å². The number of halogens is 1. The standard InChI is InChI=1S/C18H26FN3O/c19-14-8-6-13(7-9-14)11-18(10-2-5-16(18)23)12-21-17(20)22-15-3-1-4-15/h6-9,15-16,23H,1-5,10-12H2,(H3,20,21,22). The Hall–Kier alpha value is -1.62. The molecule has 4 nitrogen and oxygen atoms in total. The van der Waals surface area contributed by atoms with Gasteiger partial charge >= 0.3 is 0 Å². The fraction of sp³-hybridized carbons (Fsp3) is 0.611. The number of hydrogen-bond donors (Lipinski definition) is 3. The van der Waals surface area contributed by atoms with Gasteiger partial charge in [0.1, 0.15) is 5.82 Å². The van der Waals surface area contributed by atoms with Gasteiger partial charge in [-0.15, -0.1) is 0 Å². The van der Waals surface area contributed by atoms with E-state index in [2.05, 4.69) is 10.3 Å². The van der Waals surface area contributed by atoms with Gasteiger partial charge < -0.3 is 16.2 Å². The molecule has 0 radical (unpaired) electrons. The summed E-state index contributed by atoms with van der Waals surface area (Å²) in [4.78, 5) is 4.51. The zero-order valence-electron chi connectivity index (χ0n) is 13.5. The van der Waals surface area contributed by atoms with Crippen LogP contribution in [0.1, 0.15) is 44.1 Å². The molecule has 2 aliphatic rings. The molecule has 2 atom stereocenters. The fourth-order valence-electron chi connectivity index (χ4n) is 3.63. The van der Waals surface area contributed by atoms with Crippen molar-refractivity contribution in [1.82, 2.24) is 5.32 Å². The van der Waals surface area contributed by atoms with Gasteiger partial charge in [-0.25, -0.2) is 4.39 Å². The molecule has 0 bridgehead atoms. The minimum absolute atomic E-state index is 0.235. The van der Waals surface area contributed by atoms with Crippen molar-refractivity contribution in [2.45, 2.75) is 57.1 Å². The predicted octanol–water partition coefficient (Wildman–Crippen LogP) is 2.36. The van der Waals surface area contributed by atoms with E-state index in [1.54, 1.807) is 12.1 Å². The number of aliphatic imine (C=N–C) groups is 1. The summed E-state index contributed by atoms with van der Waals surface area (Å²) in [6.45, 7) is 0.511. The van der Waals surface area contributed by atoms with Crippen molar-refractivity contribution < 1.29 is 9.50 Å². The highest BCUT2D eigenvalue weighted by molar-refractivity contribution is 5.78. The van der Waals surface area contributed by atoms with Crippen molar-refractivity contribution in [3.8, 4) is 0 Å². The molecule has 2 aliphatic carbocycles. The van der Waals surface area contributed by atoms with Crippen molar-refractivity contribution in [3.63, 3.8) is 0 Å². The highest BCUT2D eigenvalue weighted by Crippen LogP contribution is 2.41. The summed E-state index contributed by atoms with van der Waals surface area (Å²) in [7, 11) is 0. The average molecular weight is 319 g/mol. The lowest BCUT2D eigenvalue weighted by Crippen LogP contribution is -2.45. The molecule has 0 heterocycles. The number of benzene rings is 1. The second kappa shape index (κ2) is 6.87. The first-order chi connectivity index (χ1) is 11.1. The molecule has 0 saturated heterocycles. The molecule has 4 N–H and O–H groups in total. The Morgan fingerprint density at radius 1 is 1.26 bits per heavy atom. The third-order valence-electron chi connectivity index (χ3n) is 5.35. The molecule has 3 rings (SSSR count). The van der Waals surface area contributed by atoms with Gasteiger partial charge in [0.05, 0.1) is 12.6 Å². The highest BCUT2D eigenvalue weighted by atomic mass is 19.1. The van der Waals surface area contributed by atoms with E-state index in [4.69, 9.17) is 5.73 Å². The van der Waals surface area contributed by atoms with Crippen LogP contribution in [0.4, 0.5) is 4.39 Å². The first kappa shape index (κ1) is 16.2. The van der Waals surface area contributed by atoms with Gasteiger partial charge in [0, 0.05) is 11.5 Å². The van der Waals surface area contributed by atoms with E-state index in [0.717, 1.165) is 37.7 Å². The van der Waals surface area contributed by atoms with Gasteiger partial charge in [-0.3, -0.25) is 4.99 Å². The zero-order chi connectivity index (χ0) is 16.3. The summed E-state index contributed by atoms with van der Waals surface area (Å²) < 4.78 is 13.1. The molecule has 1 aromatic carbocycles. The van der Waals surface area contributed by atoms with Gasteiger partial charge in [0.2, 0.25) is 0 Å². The second-order valence-electron chi connectivity index (χ2n) is 7.05. The van der Waals surface area contributed by atoms with Crippen molar-refractivity contribution in [2.24, 2.45) is 16.1 Å². The van der Waals surface area contributed by atoms with Crippen LogP contribution in [-0.4, -0.2) is 29.8 Å². The van der Waals surface area contributed by atoms with Crippen LogP contribution in [0.25, 0.3) is 0 Å². The molecule has 0 aromatic heterocycles. The van der Waals surface area contributed by atoms with Crippen LogP contribution < -0.4 is 11.1 Å². The van der Waals surface area contributed by atoms with Gasteiger partial charge in [0.25, 0.3) is 0 Å². The van der Waals surface area contributed by atoms with Crippen molar-refractivity contribution >= 4 is 5.96 Å².